The van der Waals surface area contributed by atoms with E-state index in [1.165, 1.54) is 63.4 Å². The molecule has 0 aromatic heterocycles. The lowest BCUT2D eigenvalue weighted by molar-refractivity contribution is -0.134. The van der Waals surface area contributed by atoms with Crippen LogP contribution in [0.4, 0.5) is 0 Å². The lowest BCUT2D eigenvalue weighted by atomic mass is 9.52. The number of hydrogen-bond donors (Lipinski definition) is 2. The van der Waals surface area contributed by atoms with Crippen molar-refractivity contribution in [3.8, 4) is 0 Å². The van der Waals surface area contributed by atoms with Gasteiger partial charge in [0.1, 0.15) is 0 Å². The Kier molecular flexibility index (Phi) is 7.13. The first-order valence-corrected chi connectivity index (χ1v) is 13.8. The van der Waals surface area contributed by atoms with Gasteiger partial charge in [-0.05, 0) is 100 Å². The molecule has 2 unspecified atom stereocenters. The maximum atomic E-state index is 12.6. The summed E-state index contributed by atoms with van der Waals surface area (Å²) in [4.78, 5) is 27.0. The van der Waals surface area contributed by atoms with E-state index in [0.717, 1.165) is 42.7 Å². The van der Waals surface area contributed by atoms with Gasteiger partial charge < -0.3 is 5.73 Å². The van der Waals surface area contributed by atoms with E-state index in [0.29, 0.717) is 24.4 Å². The van der Waals surface area contributed by atoms with Crippen molar-refractivity contribution < 1.29 is 9.59 Å². The topological polar surface area (TPSA) is 75.4 Å². The van der Waals surface area contributed by atoms with Gasteiger partial charge in [-0.15, -0.1) is 0 Å². The summed E-state index contributed by atoms with van der Waals surface area (Å²) >= 11 is 0. The van der Waals surface area contributed by atoms with Crippen LogP contribution in [0.5, 0.6) is 0 Å². The van der Waals surface area contributed by atoms with Crippen molar-refractivity contribution >= 4 is 11.8 Å². The zero-order valence-electron chi connectivity index (χ0n) is 20.9. The summed E-state index contributed by atoms with van der Waals surface area (Å²) in [5.74, 6) is 2.28. The van der Waals surface area contributed by atoms with E-state index in [-0.39, 0.29) is 17.7 Å². The van der Waals surface area contributed by atoms with Crippen LogP contribution >= 0.6 is 0 Å². The molecule has 5 nitrogen and oxygen atoms in total. The molecule has 5 aliphatic rings. The van der Waals surface area contributed by atoms with Gasteiger partial charge in [-0.25, -0.2) is 0 Å². The predicted molar refractivity (Wildman–Crippen MR) is 135 cm³/mol. The van der Waals surface area contributed by atoms with Gasteiger partial charge in [-0.1, -0.05) is 43.5 Å². The Balaban J connectivity index is 1.39. The Labute approximate surface area is 205 Å². The van der Waals surface area contributed by atoms with Crippen LogP contribution in [0.3, 0.4) is 0 Å². The minimum absolute atomic E-state index is 0.138. The molecular weight excluding hydrogens is 422 g/mol. The Hall–Kier alpha value is -1.72. The highest BCUT2D eigenvalue weighted by Gasteiger charge is 2.53. The Morgan fingerprint density at radius 1 is 1.03 bits per heavy atom. The van der Waals surface area contributed by atoms with Crippen LogP contribution < -0.4 is 11.1 Å². The maximum absolute atomic E-state index is 12.6. The fraction of sp³-hybridized carbons (Fsp3) is 0.724. The molecule has 1 aromatic rings. The number of carbonyl (C=O) groups excluding carboxylic acids is 2. The molecule has 34 heavy (non-hydrogen) atoms. The predicted octanol–water partition coefficient (Wildman–Crippen LogP) is 5.06. The monoisotopic (exact) mass is 465 g/mol. The summed E-state index contributed by atoms with van der Waals surface area (Å²) in [7, 11) is 2.40. The molecule has 1 aromatic carbocycles. The van der Waals surface area contributed by atoms with Crippen LogP contribution in [0, 0.1) is 17.8 Å². The van der Waals surface area contributed by atoms with E-state index in [1.807, 2.05) is 0 Å². The number of nitrogens with one attached hydrogen (secondary N) is 1. The smallest absolute Gasteiger partial charge is 0.234 e. The van der Waals surface area contributed by atoms with Crippen molar-refractivity contribution in [3.63, 3.8) is 0 Å². The molecule has 5 heteroatoms. The Morgan fingerprint density at radius 3 is 2.35 bits per heavy atom. The second-order valence-electron chi connectivity index (χ2n) is 11.9. The van der Waals surface area contributed by atoms with Crippen LogP contribution in [-0.2, 0) is 9.59 Å². The van der Waals surface area contributed by atoms with E-state index in [4.69, 9.17) is 5.73 Å². The zero-order valence-corrected chi connectivity index (χ0v) is 20.9. The van der Waals surface area contributed by atoms with Gasteiger partial charge in [0.2, 0.25) is 11.8 Å². The Bertz CT molecular complexity index is 862. The van der Waals surface area contributed by atoms with Gasteiger partial charge >= 0.3 is 0 Å². The molecule has 1 heterocycles. The first-order chi connectivity index (χ1) is 16.5. The Morgan fingerprint density at radius 2 is 1.71 bits per heavy atom. The molecule has 2 amide bonds. The number of piperidine rings is 1. The SMILES string of the molecule is CN(C(CCCCCCN)c1cccc(C2CCC(=O)NC2=O)c1)C12CC3CC(CC(C3)C1)C2. The van der Waals surface area contributed by atoms with E-state index < -0.39 is 0 Å². The minimum atomic E-state index is -0.215. The largest absolute Gasteiger partial charge is 0.330 e. The van der Waals surface area contributed by atoms with Crippen LogP contribution in [0.15, 0.2) is 24.3 Å². The third-order valence-corrected chi connectivity index (χ3v) is 9.59. The molecule has 4 aliphatic carbocycles. The molecule has 1 aliphatic heterocycles. The summed E-state index contributed by atoms with van der Waals surface area (Å²) in [6, 6.07) is 9.14. The highest BCUT2D eigenvalue weighted by atomic mass is 16.2. The number of benzene rings is 1. The molecule has 4 bridgehead atoms. The number of nitrogens with two attached hydrogens (primary N) is 1. The number of hydrogen-bond acceptors (Lipinski definition) is 4. The fourth-order valence-electron chi connectivity index (χ4n) is 8.24. The van der Waals surface area contributed by atoms with Gasteiger partial charge in [0.25, 0.3) is 0 Å². The number of imide groups is 1. The van der Waals surface area contributed by atoms with Crippen molar-refractivity contribution in [1.29, 1.82) is 0 Å². The van der Waals surface area contributed by atoms with E-state index in [1.54, 1.807) is 0 Å². The molecule has 186 valence electrons. The summed E-state index contributed by atoms with van der Waals surface area (Å²) in [5, 5.41) is 2.54. The second-order valence-corrected chi connectivity index (χ2v) is 11.9. The number of carbonyl (C=O) groups is 2. The van der Waals surface area contributed by atoms with Crippen LogP contribution in [0.25, 0.3) is 0 Å². The lowest BCUT2D eigenvalue weighted by Crippen LogP contribution is -2.59. The standard InChI is InChI=1S/C29H43N3O2/c1-32(29-17-20-13-21(18-29)15-22(14-20)19-29)26(9-4-2-3-5-12-30)24-8-6-7-23(16-24)25-10-11-27(33)31-28(25)34/h6-8,16,20-22,25-26H,2-5,9-15,17-19,30H2,1H3,(H,31,33,34). The highest BCUT2D eigenvalue weighted by Crippen LogP contribution is 2.59. The first kappa shape index (κ1) is 24.0. The number of amides is 2. The highest BCUT2D eigenvalue weighted by molar-refractivity contribution is 6.00. The second kappa shape index (κ2) is 10.1. The molecule has 2 atom stereocenters. The fourth-order valence-corrected chi connectivity index (χ4v) is 8.24. The molecule has 5 fully saturated rings. The van der Waals surface area contributed by atoms with Crippen molar-refractivity contribution in [1.82, 2.24) is 10.2 Å². The van der Waals surface area contributed by atoms with Crippen LogP contribution in [-0.4, -0.2) is 35.8 Å². The van der Waals surface area contributed by atoms with E-state index in [9.17, 15) is 9.59 Å². The first-order valence-electron chi connectivity index (χ1n) is 13.8. The third kappa shape index (κ3) is 4.83. The van der Waals surface area contributed by atoms with E-state index >= 15 is 0 Å². The van der Waals surface area contributed by atoms with Gasteiger partial charge in [0.05, 0.1) is 5.92 Å². The average Bonchev–Trinajstić information content (AvgIpc) is 2.80. The van der Waals surface area contributed by atoms with Crippen LogP contribution in [0.1, 0.15) is 107 Å². The van der Waals surface area contributed by atoms with Crippen molar-refractivity contribution in [2.75, 3.05) is 13.6 Å². The average molecular weight is 466 g/mol. The quantitative estimate of drug-likeness (QED) is 0.374. The maximum Gasteiger partial charge on any atom is 0.234 e. The van der Waals surface area contributed by atoms with Gasteiger partial charge in [-0.2, -0.15) is 0 Å². The van der Waals surface area contributed by atoms with Gasteiger partial charge in [0.15, 0.2) is 0 Å². The van der Waals surface area contributed by atoms with Gasteiger partial charge in [0, 0.05) is 18.0 Å². The molecular formula is C29H43N3O2. The molecule has 3 N–H and O–H groups in total. The van der Waals surface area contributed by atoms with E-state index in [2.05, 4.69) is 41.5 Å². The normalized spacial score (nSPS) is 33.4. The summed E-state index contributed by atoms with van der Waals surface area (Å²) in [6.45, 7) is 0.782. The minimum Gasteiger partial charge on any atom is -0.330 e. The molecule has 1 saturated heterocycles. The number of unbranched alkanes of at least 4 members (excludes halogenated alkanes) is 3. The van der Waals surface area contributed by atoms with Crippen molar-refractivity contribution in [2.24, 2.45) is 23.5 Å². The van der Waals surface area contributed by atoms with Gasteiger partial charge in [-0.3, -0.25) is 19.8 Å². The van der Waals surface area contributed by atoms with Crippen molar-refractivity contribution in [2.45, 2.75) is 101 Å². The summed E-state index contributed by atoms with van der Waals surface area (Å²) < 4.78 is 0. The summed E-state index contributed by atoms with van der Waals surface area (Å²) in [6.07, 6.45) is 15.4. The number of nitrogens with zero attached hydrogens (tertiary/aromatic N) is 1. The van der Waals surface area contributed by atoms with Crippen LogP contribution in [0.2, 0.25) is 0 Å². The summed E-state index contributed by atoms with van der Waals surface area (Å²) in [5.41, 5.74) is 8.48. The third-order valence-electron chi connectivity index (χ3n) is 9.59. The number of rotatable bonds is 10. The lowest BCUT2D eigenvalue weighted by Gasteiger charge is -2.61. The molecule has 4 saturated carbocycles. The molecule has 6 rings (SSSR count). The van der Waals surface area contributed by atoms with Crippen molar-refractivity contribution in [3.05, 3.63) is 35.4 Å². The zero-order chi connectivity index (χ0) is 23.7. The molecule has 0 spiro atoms. The molecule has 0 radical (unpaired) electrons.